The van der Waals surface area contributed by atoms with Crippen LogP contribution in [0.3, 0.4) is 0 Å². The van der Waals surface area contributed by atoms with Crippen LogP contribution in [0.4, 0.5) is 8.78 Å². The van der Waals surface area contributed by atoms with E-state index >= 15 is 0 Å². The Kier molecular flexibility index (Phi) is 16.5. The molecule has 20 heteroatoms. The quantitative estimate of drug-likeness (QED) is 0.122. The Morgan fingerprint density at radius 1 is 0.553 bits per heavy atom. The molecule has 18 nitrogen and oxygen atoms in total. The summed E-state index contributed by atoms with van der Waals surface area (Å²) in [7, 11) is 3.25. The molecule has 4 aliphatic heterocycles. The number of halogens is 2. The topological polar surface area (TPSA) is 222 Å². The second-order valence-electron chi connectivity index (χ2n) is 21.6. The molecule has 6 N–H and O–H groups in total. The molecule has 0 spiro atoms. The van der Waals surface area contributed by atoms with Gasteiger partial charge in [-0.1, -0.05) is 48.5 Å². The number of likely N-dealkylation sites (N-methyl/N-ethyl adjacent to an activating group) is 2. The highest BCUT2D eigenvalue weighted by atomic mass is 19.1. The van der Waals surface area contributed by atoms with E-state index in [9.17, 15) is 47.1 Å². The van der Waals surface area contributed by atoms with E-state index in [0.29, 0.717) is 62.5 Å². The lowest BCUT2D eigenvalue weighted by atomic mass is 10.0. The van der Waals surface area contributed by atoms with Gasteiger partial charge in [0, 0.05) is 62.2 Å². The highest BCUT2D eigenvalue weighted by Crippen LogP contribution is 2.43. The number of benzene rings is 3. The fraction of sp³-hybridized carbons (Fsp3) is 0.536. The van der Waals surface area contributed by atoms with Gasteiger partial charge in [-0.25, -0.2) is 8.78 Å². The number of hydrogen-bond acceptors (Lipinski definition) is 10. The first kappa shape index (κ1) is 54.0. The average Bonchev–Trinajstić information content (AvgIpc) is 4.26. The Morgan fingerprint density at radius 2 is 0.947 bits per heavy atom. The van der Waals surface area contributed by atoms with E-state index in [1.165, 1.54) is 24.3 Å². The second kappa shape index (κ2) is 23.2. The number of fused-ring (bicyclic) bond motifs is 2. The zero-order chi connectivity index (χ0) is 53.9. The summed E-state index contributed by atoms with van der Waals surface area (Å²) in [6.45, 7) is 3.68. The minimum atomic E-state index is -1.12. The van der Waals surface area contributed by atoms with Crippen molar-refractivity contribution in [3.8, 4) is 0 Å². The normalized spacial score (nSPS) is 27.9. The van der Waals surface area contributed by atoms with Gasteiger partial charge in [-0.3, -0.25) is 38.4 Å². The molecule has 12 atom stereocenters. The molecule has 2 aliphatic carbocycles. The van der Waals surface area contributed by atoms with Crippen LogP contribution >= 0.6 is 0 Å². The van der Waals surface area contributed by atoms with Gasteiger partial charge in [0.15, 0.2) is 0 Å². The number of carbonyl (C=O) groups excluding carboxylic acids is 8. The third-order valence-corrected chi connectivity index (χ3v) is 16.5. The molecular formula is C56H70F2N10O8. The van der Waals surface area contributed by atoms with Gasteiger partial charge < -0.3 is 51.5 Å². The Bertz CT molecular complexity index is 2530. The predicted molar refractivity (Wildman–Crippen MR) is 276 cm³/mol. The van der Waals surface area contributed by atoms with Crippen LogP contribution in [0.1, 0.15) is 99.3 Å². The smallest absolute Gasteiger partial charge is 0.247 e. The zero-order valence-corrected chi connectivity index (χ0v) is 43.6. The monoisotopic (exact) mass is 1050 g/mol. The second-order valence-corrected chi connectivity index (χ2v) is 21.6. The highest BCUT2D eigenvalue weighted by molar-refractivity contribution is 5.96. The number of carbonyl (C=O) groups is 8. The first-order chi connectivity index (χ1) is 36.5. The molecule has 0 unspecified atom stereocenters. The molecule has 0 bridgehead atoms. The predicted octanol–water partition coefficient (Wildman–Crippen LogP) is 1.76. The summed E-state index contributed by atoms with van der Waals surface area (Å²) in [4.78, 5) is 118. The van der Waals surface area contributed by atoms with Gasteiger partial charge in [-0.2, -0.15) is 0 Å². The first-order valence-corrected chi connectivity index (χ1v) is 26.8. The van der Waals surface area contributed by atoms with E-state index in [1.807, 2.05) is 12.1 Å². The lowest BCUT2D eigenvalue weighted by molar-refractivity contribution is -0.147. The Labute approximate surface area is 441 Å². The van der Waals surface area contributed by atoms with Crippen molar-refractivity contribution in [3.63, 3.8) is 0 Å². The van der Waals surface area contributed by atoms with Crippen molar-refractivity contribution in [3.05, 3.63) is 107 Å². The molecule has 3 aromatic rings. The van der Waals surface area contributed by atoms with Crippen molar-refractivity contribution in [2.45, 2.75) is 150 Å². The van der Waals surface area contributed by atoms with Crippen molar-refractivity contribution in [1.82, 2.24) is 51.5 Å². The number of nitrogens with zero attached hydrogens (tertiary/aromatic N) is 4. The average molecular weight is 1050 g/mol. The summed E-state index contributed by atoms with van der Waals surface area (Å²) >= 11 is 0. The molecule has 0 radical (unpaired) electrons. The maximum atomic E-state index is 14.5. The van der Waals surface area contributed by atoms with Crippen molar-refractivity contribution >= 4 is 47.3 Å². The fourth-order valence-corrected chi connectivity index (χ4v) is 11.6. The number of amides is 8. The SMILES string of the molecule is CN[C@@H](C)C(=O)N[C@H]1CN(C(=O)Cc2ccc(CC(=O)N3CC[C@H]4CC[C@@H](C(=O)N[C@H]5C[C@@H]5c5cccc(F)c5)N4C(=O)[C@@H](NC(=O)[C@H](C)NC)C3)cc2)CC[C@H]2CC[C@@H](C(=O)N[C@H]3C[C@@H]3c3cccc(F)c3)N2C1=O. The largest absolute Gasteiger partial charge is 0.351 e. The van der Waals surface area contributed by atoms with Crippen LogP contribution in [0.15, 0.2) is 72.8 Å². The number of hydrogen-bond donors (Lipinski definition) is 6. The molecule has 406 valence electrons. The molecule has 9 rings (SSSR count). The van der Waals surface area contributed by atoms with Gasteiger partial charge in [-0.15, -0.1) is 0 Å². The molecule has 6 aliphatic rings. The molecule has 3 aromatic carbocycles. The van der Waals surface area contributed by atoms with Crippen molar-refractivity contribution < 1.29 is 47.1 Å². The third kappa shape index (κ3) is 12.2. The van der Waals surface area contributed by atoms with Gasteiger partial charge in [0.1, 0.15) is 35.8 Å². The van der Waals surface area contributed by atoms with Gasteiger partial charge in [0.05, 0.1) is 24.9 Å². The number of rotatable bonds is 16. The first-order valence-electron chi connectivity index (χ1n) is 26.8. The fourth-order valence-electron chi connectivity index (χ4n) is 11.6. The maximum absolute atomic E-state index is 14.5. The summed E-state index contributed by atoms with van der Waals surface area (Å²) < 4.78 is 27.9. The molecule has 76 heavy (non-hydrogen) atoms. The lowest BCUT2D eigenvalue weighted by Gasteiger charge is -2.39. The molecule has 6 fully saturated rings. The van der Waals surface area contributed by atoms with E-state index in [1.54, 1.807) is 83.9 Å². The summed E-state index contributed by atoms with van der Waals surface area (Å²) in [5.74, 6) is -3.57. The summed E-state index contributed by atoms with van der Waals surface area (Å²) in [5, 5.41) is 17.6. The van der Waals surface area contributed by atoms with Crippen LogP contribution in [-0.2, 0) is 51.2 Å². The van der Waals surface area contributed by atoms with Gasteiger partial charge >= 0.3 is 0 Å². The van der Waals surface area contributed by atoms with Crippen LogP contribution in [-0.4, -0.2) is 168 Å². The lowest BCUT2D eigenvalue weighted by Crippen LogP contribution is -2.62. The summed E-state index contributed by atoms with van der Waals surface area (Å²) in [6.07, 6.45) is 4.06. The van der Waals surface area contributed by atoms with Gasteiger partial charge in [-0.05, 0) is 126 Å². The van der Waals surface area contributed by atoms with Crippen LogP contribution in [0, 0.1) is 11.6 Å². The summed E-state index contributed by atoms with van der Waals surface area (Å²) in [6, 6.07) is 13.6. The zero-order valence-electron chi connectivity index (χ0n) is 43.6. The van der Waals surface area contributed by atoms with E-state index in [0.717, 1.165) is 11.1 Å². The van der Waals surface area contributed by atoms with Crippen molar-refractivity contribution in [2.75, 3.05) is 40.3 Å². The molecule has 4 saturated heterocycles. The Hall–Kier alpha value is -6.80. The van der Waals surface area contributed by atoms with Gasteiger partial charge in [0.2, 0.25) is 47.3 Å². The van der Waals surface area contributed by atoms with Crippen LogP contribution in [0.2, 0.25) is 0 Å². The highest BCUT2D eigenvalue weighted by Gasteiger charge is 2.50. The minimum Gasteiger partial charge on any atom is -0.351 e. The maximum Gasteiger partial charge on any atom is 0.247 e. The summed E-state index contributed by atoms with van der Waals surface area (Å²) in [5.41, 5.74) is 2.94. The molecule has 8 amide bonds. The van der Waals surface area contributed by atoms with Crippen molar-refractivity contribution in [1.29, 1.82) is 0 Å². The van der Waals surface area contributed by atoms with E-state index in [-0.39, 0.29) is 110 Å². The van der Waals surface area contributed by atoms with Crippen LogP contribution < -0.4 is 31.9 Å². The molecule has 4 heterocycles. The van der Waals surface area contributed by atoms with Crippen LogP contribution in [0.25, 0.3) is 0 Å². The third-order valence-electron chi connectivity index (χ3n) is 16.5. The molecule has 2 saturated carbocycles. The molecule has 0 aromatic heterocycles. The van der Waals surface area contributed by atoms with Gasteiger partial charge in [0.25, 0.3) is 0 Å². The van der Waals surface area contributed by atoms with Crippen LogP contribution in [0.5, 0.6) is 0 Å². The Balaban J connectivity index is 0.821. The van der Waals surface area contributed by atoms with Crippen molar-refractivity contribution in [2.24, 2.45) is 0 Å². The van der Waals surface area contributed by atoms with E-state index in [2.05, 4.69) is 31.9 Å². The standard InChI is InChI=1S/C56H70F2N10O8/c1-31(59-3)51(71)63-45-29-65(21-19-39-15-17-47(67(39)55(45)75)53(73)61-43-27-41(43)35-7-5-9-37(57)25-35)49(69)23-33-11-13-34(14-12-33)24-50(70)66-22-20-40-16-18-48(68(40)56(76)46(30-66)64-52(72)32(2)60-4)54(74)62-44-28-42(44)36-8-6-10-38(58)26-36/h5-14,25-26,31-32,39-48,59-60H,15-24,27-30H2,1-4H3,(H,61,73)(H,62,74)(H,63,71)(H,64,72)/t31-,32-,39+,40+,41+,42+,43-,44-,45-,46-,47-,48-/m0/s1. The minimum absolute atomic E-state index is 0.0188. The molecular weight excluding hydrogens is 979 g/mol. The number of nitrogens with one attached hydrogen (secondary N) is 6. The Morgan fingerprint density at radius 3 is 1.32 bits per heavy atom. The van der Waals surface area contributed by atoms with E-state index in [4.69, 9.17) is 0 Å². The van der Waals surface area contributed by atoms with E-state index < -0.39 is 59.9 Å².